The van der Waals surface area contributed by atoms with Crippen LogP contribution in [0.25, 0.3) is 0 Å². The Bertz CT molecular complexity index is 721. The van der Waals surface area contributed by atoms with Crippen molar-refractivity contribution in [3.8, 4) is 0 Å². The Balaban J connectivity index is 1.41. The molecule has 0 unspecified atom stereocenters. The molecule has 3 heterocycles. The number of rotatable bonds is 10. The predicted octanol–water partition coefficient (Wildman–Crippen LogP) is 2.55. The minimum absolute atomic E-state index is 0.834. The van der Waals surface area contributed by atoms with Crippen LogP contribution in [0.2, 0.25) is 0 Å². The summed E-state index contributed by atoms with van der Waals surface area (Å²) in [5.74, 6) is 0. The molecule has 0 saturated heterocycles. The van der Waals surface area contributed by atoms with Crippen LogP contribution in [0.15, 0.2) is 54.9 Å². The molecule has 3 rings (SSSR count). The standard InChI is InChI=1S/C21H28N6/c1-26(13-9-18-7-3-5-11-22-18)16-20-15-21(25-24-20)17-27(2)14-10-19-8-4-6-12-23-19/h3-8,11-12,15H,9-10,13-14,16-17H2,1-2H3,(H,24,25). The number of aromatic amines is 1. The maximum atomic E-state index is 4.46. The van der Waals surface area contributed by atoms with Gasteiger partial charge in [-0.25, -0.2) is 0 Å². The van der Waals surface area contributed by atoms with E-state index in [9.17, 15) is 0 Å². The Labute approximate surface area is 161 Å². The van der Waals surface area contributed by atoms with Crippen LogP contribution in [-0.2, 0) is 25.9 Å². The Morgan fingerprint density at radius 3 is 1.93 bits per heavy atom. The largest absolute Gasteiger partial charge is 0.300 e. The highest BCUT2D eigenvalue weighted by Crippen LogP contribution is 2.07. The lowest BCUT2D eigenvalue weighted by atomic mass is 10.2. The minimum atomic E-state index is 0.834. The molecule has 0 spiro atoms. The van der Waals surface area contributed by atoms with Gasteiger partial charge in [0.2, 0.25) is 0 Å². The van der Waals surface area contributed by atoms with Gasteiger partial charge in [0.05, 0.1) is 5.69 Å². The summed E-state index contributed by atoms with van der Waals surface area (Å²) in [5.41, 5.74) is 4.48. The zero-order valence-electron chi connectivity index (χ0n) is 16.2. The van der Waals surface area contributed by atoms with E-state index in [4.69, 9.17) is 0 Å². The first-order chi connectivity index (χ1) is 13.2. The van der Waals surface area contributed by atoms with E-state index in [0.717, 1.165) is 61.8 Å². The first kappa shape index (κ1) is 19.2. The van der Waals surface area contributed by atoms with Crippen molar-refractivity contribution < 1.29 is 0 Å². The van der Waals surface area contributed by atoms with E-state index < -0.39 is 0 Å². The molecule has 0 saturated carbocycles. The van der Waals surface area contributed by atoms with Gasteiger partial charge in [0, 0.05) is 68.5 Å². The lowest BCUT2D eigenvalue weighted by molar-refractivity contribution is 0.325. The summed E-state index contributed by atoms with van der Waals surface area (Å²) in [6.45, 7) is 3.62. The Hall–Kier alpha value is -2.57. The van der Waals surface area contributed by atoms with Crippen LogP contribution in [-0.4, -0.2) is 57.1 Å². The van der Waals surface area contributed by atoms with E-state index in [1.165, 1.54) is 0 Å². The molecule has 0 amide bonds. The first-order valence-corrected chi connectivity index (χ1v) is 9.39. The van der Waals surface area contributed by atoms with Gasteiger partial charge in [0.15, 0.2) is 0 Å². The molecule has 0 aromatic carbocycles. The van der Waals surface area contributed by atoms with Gasteiger partial charge < -0.3 is 9.80 Å². The summed E-state index contributed by atoms with van der Waals surface area (Å²) >= 11 is 0. The number of nitrogens with one attached hydrogen (secondary N) is 1. The summed E-state index contributed by atoms with van der Waals surface area (Å²) in [4.78, 5) is 13.3. The van der Waals surface area contributed by atoms with E-state index in [1.54, 1.807) is 0 Å². The quantitative estimate of drug-likeness (QED) is 0.599. The van der Waals surface area contributed by atoms with Crippen LogP contribution >= 0.6 is 0 Å². The molecular weight excluding hydrogens is 336 g/mol. The third-order valence-corrected chi connectivity index (χ3v) is 4.51. The number of hydrogen-bond donors (Lipinski definition) is 1. The maximum Gasteiger partial charge on any atom is 0.0765 e. The third kappa shape index (κ3) is 6.58. The lowest BCUT2D eigenvalue weighted by Gasteiger charge is -2.15. The van der Waals surface area contributed by atoms with Gasteiger partial charge >= 0.3 is 0 Å². The molecular formula is C21H28N6. The van der Waals surface area contributed by atoms with Gasteiger partial charge in [-0.15, -0.1) is 0 Å². The molecule has 0 atom stereocenters. The first-order valence-electron chi connectivity index (χ1n) is 9.39. The molecule has 1 N–H and O–H groups in total. The van der Waals surface area contributed by atoms with Gasteiger partial charge in [0.25, 0.3) is 0 Å². The average Bonchev–Trinajstić information content (AvgIpc) is 3.13. The number of nitrogens with zero attached hydrogens (tertiary/aromatic N) is 5. The fourth-order valence-electron chi connectivity index (χ4n) is 3.00. The number of H-pyrrole nitrogens is 1. The van der Waals surface area contributed by atoms with Crippen molar-refractivity contribution in [3.63, 3.8) is 0 Å². The molecule has 142 valence electrons. The maximum absolute atomic E-state index is 4.46. The SMILES string of the molecule is CN(CCc1ccccn1)Cc1cc(CN(C)CCc2ccccn2)[nH]n1. The second-order valence-corrected chi connectivity index (χ2v) is 7.00. The summed E-state index contributed by atoms with van der Waals surface area (Å²) in [7, 11) is 4.25. The second-order valence-electron chi connectivity index (χ2n) is 7.00. The van der Waals surface area contributed by atoms with Crippen LogP contribution in [0, 0.1) is 0 Å². The highest BCUT2D eigenvalue weighted by atomic mass is 15.2. The number of likely N-dealkylation sites (N-methyl/N-ethyl adjacent to an activating group) is 2. The minimum Gasteiger partial charge on any atom is -0.300 e. The molecule has 6 nitrogen and oxygen atoms in total. The molecule has 0 aliphatic rings. The van der Waals surface area contributed by atoms with Gasteiger partial charge in [-0.1, -0.05) is 12.1 Å². The molecule has 0 aliphatic carbocycles. The van der Waals surface area contributed by atoms with E-state index in [1.807, 2.05) is 36.7 Å². The fraction of sp³-hybridized carbons (Fsp3) is 0.381. The van der Waals surface area contributed by atoms with Gasteiger partial charge in [-0.05, 0) is 44.4 Å². The monoisotopic (exact) mass is 364 g/mol. The van der Waals surface area contributed by atoms with Gasteiger partial charge in [-0.2, -0.15) is 5.10 Å². The zero-order valence-corrected chi connectivity index (χ0v) is 16.2. The number of hydrogen-bond acceptors (Lipinski definition) is 5. The van der Waals surface area contributed by atoms with Crippen molar-refractivity contribution in [2.24, 2.45) is 0 Å². The number of pyridine rings is 2. The van der Waals surface area contributed by atoms with Crippen molar-refractivity contribution in [1.82, 2.24) is 30.0 Å². The number of aromatic nitrogens is 4. The second kappa shape index (κ2) is 9.94. The summed E-state index contributed by atoms with van der Waals surface area (Å²) in [6.07, 6.45) is 5.60. The predicted molar refractivity (Wildman–Crippen MR) is 107 cm³/mol. The van der Waals surface area contributed by atoms with Crippen molar-refractivity contribution in [3.05, 3.63) is 77.6 Å². The molecule has 0 radical (unpaired) electrons. The van der Waals surface area contributed by atoms with E-state index >= 15 is 0 Å². The van der Waals surface area contributed by atoms with Crippen LogP contribution in [0.4, 0.5) is 0 Å². The van der Waals surface area contributed by atoms with E-state index in [-0.39, 0.29) is 0 Å². The van der Waals surface area contributed by atoms with E-state index in [2.05, 4.69) is 62.3 Å². The fourth-order valence-corrected chi connectivity index (χ4v) is 3.00. The topological polar surface area (TPSA) is 60.9 Å². The smallest absolute Gasteiger partial charge is 0.0765 e. The summed E-state index contributed by atoms with van der Waals surface area (Å²) in [6, 6.07) is 14.3. The molecule has 0 fully saturated rings. The van der Waals surface area contributed by atoms with Crippen LogP contribution in [0.1, 0.15) is 22.8 Å². The molecule has 0 bridgehead atoms. The third-order valence-electron chi connectivity index (χ3n) is 4.51. The van der Waals surface area contributed by atoms with Gasteiger partial charge in [-0.3, -0.25) is 15.1 Å². The molecule has 0 aliphatic heterocycles. The summed E-state index contributed by atoms with van der Waals surface area (Å²) in [5, 5.41) is 7.63. The Kier molecular flexibility index (Phi) is 7.07. The van der Waals surface area contributed by atoms with Crippen molar-refractivity contribution in [2.45, 2.75) is 25.9 Å². The molecule has 27 heavy (non-hydrogen) atoms. The van der Waals surface area contributed by atoms with Gasteiger partial charge in [0.1, 0.15) is 0 Å². The van der Waals surface area contributed by atoms with Crippen molar-refractivity contribution >= 4 is 0 Å². The van der Waals surface area contributed by atoms with Crippen molar-refractivity contribution in [1.29, 1.82) is 0 Å². The zero-order chi connectivity index (χ0) is 18.9. The van der Waals surface area contributed by atoms with Crippen LogP contribution < -0.4 is 0 Å². The molecule has 3 aromatic heterocycles. The van der Waals surface area contributed by atoms with E-state index in [0.29, 0.717) is 0 Å². The van der Waals surface area contributed by atoms with Crippen LogP contribution in [0.3, 0.4) is 0 Å². The van der Waals surface area contributed by atoms with Crippen LogP contribution in [0.5, 0.6) is 0 Å². The normalized spacial score (nSPS) is 11.4. The summed E-state index contributed by atoms with van der Waals surface area (Å²) < 4.78 is 0. The highest BCUT2D eigenvalue weighted by Gasteiger charge is 2.08. The Morgan fingerprint density at radius 2 is 1.37 bits per heavy atom. The lowest BCUT2D eigenvalue weighted by Crippen LogP contribution is -2.21. The molecule has 3 aromatic rings. The molecule has 6 heteroatoms. The Morgan fingerprint density at radius 1 is 0.778 bits per heavy atom. The highest BCUT2D eigenvalue weighted by molar-refractivity contribution is 5.09. The average molecular weight is 364 g/mol. The van der Waals surface area contributed by atoms with Crippen molar-refractivity contribution in [2.75, 3.05) is 27.2 Å².